The molecule has 0 aromatic carbocycles. The van der Waals surface area contributed by atoms with Gasteiger partial charge in [-0.25, -0.2) is 0 Å². The topological polar surface area (TPSA) is 134 Å². The zero-order valence-corrected chi connectivity index (χ0v) is 22.4. The lowest BCUT2D eigenvalue weighted by Crippen LogP contribution is -2.60. The molecule has 2 fully saturated rings. The molecule has 0 aromatic rings. The van der Waals surface area contributed by atoms with Crippen LogP contribution in [0.4, 0.5) is 0 Å². The van der Waals surface area contributed by atoms with E-state index in [1.54, 1.807) is 27.8 Å². The molecule has 4 N–H and O–H groups in total. The molecule has 0 aliphatic heterocycles. The van der Waals surface area contributed by atoms with Gasteiger partial charge in [0.2, 0.25) is 17.7 Å². The van der Waals surface area contributed by atoms with Gasteiger partial charge in [-0.1, -0.05) is 40.0 Å². The lowest BCUT2D eigenvalue weighted by Gasteiger charge is -2.35. The Morgan fingerprint density at radius 2 is 1.43 bits per heavy atom. The molecular weight excluding hydrogens is 450 g/mol. The minimum Gasteiger partial charge on any atom is -0.460 e. The molecule has 3 amide bonds. The van der Waals surface area contributed by atoms with E-state index in [1.807, 2.05) is 20.8 Å². The molecule has 9 heteroatoms. The number of esters is 1. The first kappa shape index (κ1) is 29.1. The van der Waals surface area contributed by atoms with Gasteiger partial charge in [0.15, 0.2) is 0 Å². The van der Waals surface area contributed by atoms with Crippen LogP contribution < -0.4 is 16.0 Å². The highest BCUT2D eigenvalue weighted by molar-refractivity contribution is 5.94. The van der Waals surface area contributed by atoms with Crippen molar-refractivity contribution in [2.45, 2.75) is 110 Å². The highest BCUT2D eigenvalue weighted by Gasteiger charge is 2.46. The van der Waals surface area contributed by atoms with Crippen molar-refractivity contribution in [1.82, 2.24) is 16.0 Å². The van der Waals surface area contributed by atoms with E-state index in [1.165, 1.54) is 0 Å². The predicted octanol–water partition coefficient (Wildman–Crippen LogP) is 2.06. The molecule has 2 aliphatic rings. The van der Waals surface area contributed by atoms with Crippen LogP contribution in [0.15, 0.2) is 0 Å². The van der Waals surface area contributed by atoms with Gasteiger partial charge >= 0.3 is 5.97 Å². The molecule has 0 aromatic heterocycles. The van der Waals surface area contributed by atoms with Gasteiger partial charge in [0, 0.05) is 7.05 Å². The third-order valence-electron chi connectivity index (χ3n) is 6.95. The summed E-state index contributed by atoms with van der Waals surface area (Å²) in [6.07, 6.45) is 4.35. The number of likely N-dealkylation sites (N-methyl/N-ethyl adjacent to an activating group) is 1. The van der Waals surface area contributed by atoms with E-state index in [0.29, 0.717) is 0 Å². The van der Waals surface area contributed by atoms with Crippen LogP contribution in [0, 0.1) is 23.2 Å². The number of hydrogen-bond donors (Lipinski definition) is 4. The molecule has 9 nitrogen and oxygen atoms in total. The van der Waals surface area contributed by atoms with Crippen molar-refractivity contribution in [1.29, 1.82) is 0 Å². The maximum absolute atomic E-state index is 13.4. The van der Waals surface area contributed by atoms with Gasteiger partial charge in [0.25, 0.3) is 0 Å². The van der Waals surface area contributed by atoms with Gasteiger partial charge in [0.1, 0.15) is 17.7 Å². The third kappa shape index (κ3) is 8.19. The molecular formula is C26H45N3O6. The molecule has 200 valence electrons. The van der Waals surface area contributed by atoms with Gasteiger partial charge in [-0.3, -0.25) is 19.2 Å². The number of aliphatic hydroxyl groups is 1. The number of ether oxygens (including phenoxy) is 1. The smallest absolute Gasteiger partial charge is 0.310 e. The molecule has 0 heterocycles. The Balaban J connectivity index is 2.19. The van der Waals surface area contributed by atoms with Gasteiger partial charge in [0.05, 0.1) is 17.9 Å². The maximum Gasteiger partial charge on any atom is 0.310 e. The van der Waals surface area contributed by atoms with E-state index >= 15 is 0 Å². The average molecular weight is 496 g/mol. The quantitative estimate of drug-likeness (QED) is 0.400. The fraction of sp³-hybridized carbons (Fsp3) is 0.846. The normalized spacial score (nSPS) is 25.3. The Kier molecular flexibility index (Phi) is 9.73. The highest BCUT2D eigenvalue weighted by atomic mass is 16.6. The number of carbonyl (C=O) groups is 4. The first-order valence-corrected chi connectivity index (χ1v) is 12.9. The van der Waals surface area contributed by atoms with Crippen molar-refractivity contribution >= 4 is 23.7 Å². The summed E-state index contributed by atoms with van der Waals surface area (Å²) >= 11 is 0. The number of hydrogen-bond acceptors (Lipinski definition) is 6. The summed E-state index contributed by atoms with van der Waals surface area (Å²) in [4.78, 5) is 52.1. The second-order valence-corrected chi connectivity index (χ2v) is 12.2. The lowest BCUT2D eigenvalue weighted by atomic mass is 9.82. The fourth-order valence-electron chi connectivity index (χ4n) is 5.12. The maximum atomic E-state index is 13.4. The number of rotatable bonds is 7. The molecule has 0 spiro atoms. The summed E-state index contributed by atoms with van der Waals surface area (Å²) in [5, 5.41) is 18.6. The van der Waals surface area contributed by atoms with Crippen LogP contribution in [0.25, 0.3) is 0 Å². The van der Waals surface area contributed by atoms with Crippen LogP contribution in [0.5, 0.6) is 0 Å². The van der Waals surface area contributed by atoms with Crippen LogP contribution in [0.3, 0.4) is 0 Å². The molecule has 0 saturated heterocycles. The van der Waals surface area contributed by atoms with E-state index < -0.39 is 58.8 Å². The summed E-state index contributed by atoms with van der Waals surface area (Å²) in [6.45, 7) is 10.8. The standard InChI is InChI=1S/C26H45N3O6/c1-25(2,3)20(23(33)28-19(22(32)27-7)15-11-9-8-10-12-15)29-21(31)17-13-16(30)14-18(17)24(34)35-26(4,5)6/h15-20,30H,8-14H2,1-7H3,(H,27,32)(H,28,33)(H,29,31)/t16-,17+,18+,19-,20+/m0/s1. The lowest BCUT2D eigenvalue weighted by molar-refractivity contribution is -0.163. The van der Waals surface area contributed by atoms with Crippen molar-refractivity contribution in [3.63, 3.8) is 0 Å². The first-order valence-electron chi connectivity index (χ1n) is 12.9. The Labute approximate surface area is 209 Å². The van der Waals surface area contributed by atoms with Crippen LogP contribution >= 0.6 is 0 Å². The zero-order chi connectivity index (χ0) is 26.6. The van der Waals surface area contributed by atoms with Crippen LogP contribution in [0.1, 0.15) is 86.5 Å². The van der Waals surface area contributed by atoms with Crippen molar-refractivity contribution in [3.05, 3.63) is 0 Å². The number of nitrogens with one attached hydrogen (secondary N) is 3. The first-order chi connectivity index (χ1) is 16.1. The molecule has 2 aliphatic carbocycles. The van der Waals surface area contributed by atoms with Crippen LogP contribution in [0.2, 0.25) is 0 Å². The van der Waals surface area contributed by atoms with E-state index in [9.17, 15) is 24.3 Å². The van der Waals surface area contributed by atoms with Crippen LogP contribution in [-0.4, -0.2) is 59.6 Å². The van der Waals surface area contributed by atoms with Crippen LogP contribution in [-0.2, 0) is 23.9 Å². The second-order valence-electron chi connectivity index (χ2n) is 12.2. The minimum absolute atomic E-state index is 0.0468. The average Bonchev–Trinajstić information content (AvgIpc) is 3.15. The van der Waals surface area contributed by atoms with Crippen molar-refractivity contribution in [2.75, 3.05) is 7.05 Å². The van der Waals surface area contributed by atoms with E-state index in [2.05, 4.69) is 16.0 Å². The van der Waals surface area contributed by atoms with E-state index in [4.69, 9.17) is 4.74 Å². The fourth-order valence-corrected chi connectivity index (χ4v) is 5.12. The summed E-state index contributed by atoms with van der Waals surface area (Å²) in [5.41, 5.74) is -1.37. The van der Waals surface area contributed by atoms with Gasteiger partial charge in [-0.05, 0) is 57.8 Å². The highest BCUT2D eigenvalue weighted by Crippen LogP contribution is 2.35. The number of aliphatic hydroxyl groups excluding tert-OH is 1. The summed E-state index contributed by atoms with van der Waals surface area (Å²) in [5.74, 6) is -3.21. The molecule has 35 heavy (non-hydrogen) atoms. The molecule has 2 saturated carbocycles. The number of amides is 3. The summed E-state index contributed by atoms with van der Waals surface area (Å²) in [6, 6.07) is -1.60. The minimum atomic E-state index is -0.928. The Morgan fingerprint density at radius 1 is 0.857 bits per heavy atom. The second kappa shape index (κ2) is 11.7. The van der Waals surface area contributed by atoms with Gasteiger partial charge in [-0.15, -0.1) is 0 Å². The van der Waals surface area contributed by atoms with E-state index in [0.717, 1.165) is 32.1 Å². The van der Waals surface area contributed by atoms with Crippen molar-refractivity contribution in [3.8, 4) is 0 Å². The molecule has 0 radical (unpaired) electrons. The monoisotopic (exact) mass is 495 g/mol. The van der Waals surface area contributed by atoms with Crippen molar-refractivity contribution < 1.29 is 29.0 Å². The molecule has 0 unspecified atom stereocenters. The Bertz CT molecular complexity index is 779. The van der Waals surface area contributed by atoms with Gasteiger partial charge in [-0.2, -0.15) is 0 Å². The molecule has 0 bridgehead atoms. The zero-order valence-electron chi connectivity index (χ0n) is 22.4. The summed E-state index contributed by atoms with van der Waals surface area (Å²) in [7, 11) is 1.55. The van der Waals surface area contributed by atoms with E-state index in [-0.39, 0.29) is 24.7 Å². The molecule has 5 atom stereocenters. The molecule has 2 rings (SSSR count). The largest absolute Gasteiger partial charge is 0.460 e. The predicted molar refractivity (Wildman–Crippen MR) is 132 cm³/mol. The van der Waals surface area contributed by atoms with Gasteiger partial charge < -0.3 is 25.8 Å². The Morgan fingerprint density at radius 3 is 1.94 bits per heavy atom. The summed E-state index contributed by atoms with van der Waals surface area (Å²) < 4.78 is 5.47. The van der Waals surface area contributed by atoms with Crippen molar-refractivity contribution in [2.24, 2.45) is 23.2 Å². The number of carbonyl (C=O) groups excluding carboxylic acids is 4. The third-order valence-corrected chi connectivity index (χ3v) is 6.95. The SMILES string of the molecule is CNC(=O)[C@@H](NC(=O)[C@@H](NC(=O)[C@@H]1C[C@H](O)C[C@H]1C(=O)OC(C)(C)C)C(C)(C)C)C1CCCCC1. The Hall–Kier alpha value is -2.16.